The van der Waals surface area contributed by atoms with Gasteiger partial charge in [0, 0.05) is 24.5 Å². The quantitative estimate of drug-likeness (QED) is 0.919. The molecule has 0 saturated carbocycles. The maximum atomic E-state index is 11.9. The average Bonchev–Trinajstić information content (AvgIpc) is 3.11. The number of β-amino-alcohol motifs (C(OH)–C–C–N with tert-alkyl or cyclic N) is 1. The number of halogens is 1. The van der Waals surface area contributed by atoms with Crippen molar-refractivity contribution in [3.63, 3.8) is 0 Å². The van der Waals surface area contributed by atoms with Gasteiger partial charge < -0.3 is 19.6 Å². The number of ether oxygens (including phenoxy) is 1. The summed E-state index contributed by atoms with van der Waals surface area (Å²) in [4.78, 5) is 18.8. The Kier molecular flexibility index (Phi) is 4.71. The summed E-state index contributed by atoms with van der Waals surface area (Å²) in [7, 11) is 0. The fraction of sp³-hybridized carbons (Fsp3) is 0.533. The van der Waals surface area contributed by atoms with Crippen LogP contribution in [0.25, 0.3) is 0 Å². The number of rotatable bonds is 3. The van der Waals surface area contributed by atoms with Crippen LogP contribution < -0.4 is 4.74 Å². The van der Waals surface area contributed by atoms with Gasteiger partial charge in [-0.3, -0.25) is 0 Å². The van der Waals surface area contributed by atoms with Crippen LogP contribution in [0.5, 0.6) is 5.75 Å². The number of aliphatic hydroxyl groups excluding tert-OH is 1. The van der Waals surface area contributed by atoms with Crippen LogP contribution in [-0.2, 0) is 4.84 Å². The highest BCUT2D eigenvalue weighted by atomic mass is 35.5. The molecule has 0 aromatic heterocycles. The number of hydroxylamine groups is 2. The second-order valence-corrected chi connectivity index (χ2v) is 6.05. The molecule has 1 aromatic rings. The van der Waals surface area contributed by atoms with E-state index in [1.54, 1.807) is 17.2 Å². The Labute approximate surface area is 134 Å². The number of aliphatic hydroxyl groups is 1. The highest BCUT2D eigenvalue weighted by molar-refractivity contribution is 6.30. The van der Waals surface area contributed by atoms with Crippen molar-refractivity contribution >= 4 is 17.7 Å². The number of benzene rings is 1. The number of nitrogens with zero attached hydrogens (tertiary/aromatic N) is 2. The molecule has 2 heterocycles. The van der Waals surface area contributed by atoms with Gasteiger partial charge in [0.1, 0.15) is 11.9 Å². The Balaban J connectivity index is 1.46. The van der Waals surface area contributed by atoms with E-state index in [0.717, 1.165) is 12.2 Å². The molecule has 2 fully saturated rings. The smallest absolute Gasteiger partial charge is 0.429 e. The Bertz CT molecular complexity index is 525. The lowest BCUT2D eigenvalue weighted by atomic mass is 10.3. The first kappa shape index (κ1) is 15.4. The molecular weight excluding hydrogens is 308 g/mol. The number of likely N-dealkylation sites (tertiary alicyclic amines) is 1. The van der Waals surface area contributed by atoms with Crippen LogP contribution in [-0.4, -0.2) is 59.5 Å². The van der Waals surface area contributed by atoms with Crippen molar-refractivity contribution in [2.45, 2.75) is 25.0 Å². The monoisotopic (exact) mass is 326 g/mol. The minimum Gasteiger partial charge on any atom is -0.489 e. The number of carbonyl (C=O) groups is 1. The maximum Gasteiger partial charge on any atom is 0.429 e. The molecular formula is C15H19ClN2O4. The van der Waals surface area contributed by atoms with E-state index in [4.69, 9.17) is 21.2 Å². The van der Waals surface area contributed by atoms with Gasteiger partial charge in [-0.25, -0.2) is 4.79 Å². The van der Waals surface area contributed by atoms with Gasteiger partial charge in [-0.1, -0.05) is 11.6 Å². The Morgan fingerprint density at radius 3 is 2.64 bits per heavy atom. The van der Waals surface area contributed by atoms with Gasteiger partial charge in [-0.15, -0.1) is 5.06 Å². The molecule has 120 valence electrons. The van der Waals surface area contributed by atoms with Crippen LogP contribution in [0.3, 0.4) is 0 Å². The molecule has 2 atom stereocenters. The number of amides is 1. The van der Waals surface area contributed by atoms with Crippen LogP contribution in [0.1, 0.15) is 12.8 Å². The molecule has 0 radical (unpaired) electrons. The summed E-state index contributed by atoms with van der Waals surface area (Å²) in [6, 6.07) is 7.20. The van der Waals surface area contributed by atoms with Gasteiger partial charge in [0.05, 0.1) is 19.2 Å². The van der Waals surface area contributed by atoms with E-state index in [1.165, 1.54) is 4.90 Å². The van der Waals surface area contributed by atoms with Crippen LogP contribution in [0.2, 0.25) is 5.02 Å². The Morgan fingerprint density at radius 1 is 1.18 bits per heavy atom. The molecule has 1 N–H and O–H groups in total. The van der Waals surface area contributed by atoms with Crippen molar-refractivity contribution in [1.29, 1.82) is 0 Å². The fourth-order valence-corrected chi connectivity index (χ4v) is 2.78. The molecule has 1 aromatic carbocycles. The highest BCUT2D eigenvalue weighted by Gasteiger charge is 2.31. The van der Waals surface area contributed by atoms with E-state index in [0.29, 0.717) is 37.6 Å². The van der Waals surface area contributed by atoms with Gasteiger partial charge in [0.25, 0.3) is 0 Å². The Morgan fingerprint density at radius 2 is 1.95 bits per heavy atom. The normalized spacial score (nSPS) is 25.5. The first-order chi connectivity index (χ1) is 10.6. The predicted molar refractivity (Wildman–Crippen MR) is 80.7 cm³/mol. The Hall–Kier alpha value is -1.50. The summed E-state index contributed by atoms with van der Waals surface area (Å²) in [5.74, 6) is 0.755. The summed E-state index contributed by atoms with van der Waals surface area (Å²) in [6.45, 7) is 2.06. The van der Waals surface area contributed by atoms with Gasteiger partial charge in [-0.05, 0) is 30.7 Å². The van der Waals surface area contributed by atoms with Crippen molar-refractivity contribution in [2.24, 2.45) is 0 Å². The lowest BCUT2D eigenvalue weighted by molar-refractivity contribution is -0.0983. The van der Waals surface area contributed by atoms with Gasteiger partial charge in [-0.2, -0.15) is 0 Å². The molecule has 3 rings (SSSR count). The third-order valence-electron chi connectivity index (χ3n) is 3.85. The van der Waals surface area contributed by atoms with Gasteiger partial charge >= 0.3 is 6.09 Å². The van der Waals surface area contributed by atoms with E-state index in [1.807, 2.05) is 12.1 Å². The van der Waals surface area contributed by atoms with Crippen molar-refractivity contribution in [1.82, 2.24) is 9.96 Å². The predicted octanol–water partition coefficient (Wildman–Crippen LogP) is 1.91. The van der Waals surface area contributed by atoms with Gasteiger partial charge in [0.15, 0.2) is 0 Å². The van der Waals surface area contributed by atoms with Crippen molar-refractivity contribution in [3.8, 4) is 5.75 Å². The lowest BCUT2D eigenvalue weighted by Crippen LogP contribution is -2.36. The van der Waals surface area contributed by atoms with Crippen LogP contribution >= 0.6 is 11.6 Å². The summed E-state index contributed by atoms with van der Waals surface area (Å²) in [6.07, 6.45) is 0.546. The van der Waals surface area contributed by atoms with Crippen molar-refractivity contribution in [2.75, 3.05) is 26.2 Å². The SMILES string of the molecule is O=C(ON1CCC(Oc2ccc(Cl)cc2)C1)N1CCC(O)C1. The minimum atomic E-state index is -0.438. The summed E-state index contributed by atoms with van der Waals surface area (Å²) >= 11 is 5.84. The zero-order valence-electron chi connectivity index (χ0n) is 12.2. The topological polar surface area (TPSA) is 62.2 Å². The maximum absolute atomic E-state index is 11.9. The van der Waals surface area contributed by atoms with E-state index in [-0.39, 0.29) is 6.10 Å². The molecule has 2 saturated heterocycles. The van der Waals surface area contributed by atoms with E-state index in [2.05, 4.69) is 0 Å². The second kappa shape index (κ2) is 6.73. The minimum absolute atomic E-state index is 0.0156. The van der Waals surface area contributed by atoms with Crippen LogP contribution in [0, 0.1) is 0 Å². The summed E-state index contributed by atoms with van der Waals surface area (Å²) < 4.78 is 5.84. The van der Waals surface area contributed by atoms with Crippen molar-refractivity contribution in [3.05, 3.63) is 29.3 Å². The molecule has 0 aliphatic carbocycles. The molecule has 2 aliphatic rings. The third-order valence-corrected chi connectivity index (χ3v) is 4.10. The molecule has 7 heteroatoms. The zero-order chi connectivity index (χ0) is 15.5. The molecule has 1 amide bonds. The van der Waals surface area contributed by atoms with E-state index in [9.17, 15) is 9.90 Å². The van der Waals surface area contributed by atoms with E-state index >= 15 is 0 Å². The number of carbonyl (C=O) groups excluding carboxylic acids is 1. The highest BCUT2D eigenvalue weighted by Crippen LogP contribution is 2.21. The number of hydrogen-bond acceptors (Lipinski definition) is 5. The average molecular weight is 327 g/mol. The zero-order valence-corrected chi connectivity index (χ0v) is 12.9. The largest absolute Gasteiger partial charge is 0.489 e. The molecule has 22 heavy (non-hydrogen) atoms. The fourth-order valence-electron chi connectivity index (χ4n) is 2.66. The standard InChI is InChI=1S/C15H19ClN2O4/c16-11-1-3-13(4-2-11)21-14-6-8-18(10-14)22-15(20)17-7-5-12(19)9-17/h1-4,12,14,19H,5-10H2. The first-order valence-corrected chi connectivity index (χ1v) is 7.80. The third kappa shape index (κ3) is 3.82. The molecule has 0 spiro atoms. The molecule has 2 aliphatic heterocycles. The van der Waals surface area contributed by atoms with Crippen LogP contribution in [0.4, 0.5) is 4.79 Å². The molecule has 6 nitrogen and oxygen atoms in total. The van der Waals surface area contributed by atoms with Gasteiger partial charge in [0.2, 0.25) is 0 Å². The van der Waals surface area contributed by atoms with Crippen molar-refractivity contribution < 1.29 is 19.5 Å². The van der Waals surface area contributed by atoms with Crippen LogP contribution in [0.15, 0.2) is 24.3 Å². The summed E-state index contributed by atoms with van der Waals surface area (Å²) in [5, 5.41) is 11.7. The van der Waals surface area contributed by atoms with E-state index < -0.39 is 12.2 Å². The molecule has 0 bridgehead atoms. The second-order valence-electron chi connectivity index (χ2n) is 5.62. The number of hydrogen-bond donors (Lipinski definition) is 1. The first-order valence-electron chi connectivity index (χ1n) is 7.42. The summed E-state index contributed by atoms with van der Waals surface area (Å²) in [5.41, 5.74) is 0. The lowest BCUT2D eigenvalue weighted by Gasteiger charge is -2.20. The molecule has 2 unspecified atom stereocenters.